The third kappa shape index (κ3) is 2.07. The Kier molecular flexibility index (Phi) is 3.95. The number of aromatic nitrogens is 2. The van der Waals surface area contributed by atoms with Crippen LogP contribution in [0.3, 0.4) is 0 Å². The summed E-state index contributed by atoms with van der Waals surface area (Å²) in [5.41, 5.74) is 2.03. The van der Waals surface area contributed by atoms with Crippen molar-refractivity contribution in [2.24, 2.45) is 7.05 Å². The second-order valence-corrected chi connectivity index (χ2v) is 3.04. The van der Waals surface area contributed by atoms with Crippen molar-refractivity contribution in [1.82, 2.24) is 9.78 Å². The number of H-pyrrole nitrogens is 1. The van der Waals surface area contributed by atoms with E-state index in [9.17, 15) is 4.79 Å². The van der Waals surface area contributed by atoms with Gasteiger partial charge in [-0.15, -0.1) is 0 Å². The number of aromatic amines is 1. The molecule has 4 nitrogen and oxygen atoms in total. The van der Waals surface area contributed by atoms with Gasteiger partial charge in [-0.1, -0.05) is 13.8 Å². The Bertz CT molecular complexity index is 338. The van der Waals surface area contributed by atoms with Crippen LogP contribution in [0, 0.1) is 0 Å². The number of aryl methyl sites for hydroxylation is 1. The first kappa shape index (κ1) is 11.0. The number of ether oxygens (including phenoxy) is 1. The summed E-state index contributed by atoms with van der Waals surface area (Å²) in [5.74, 6) is 0. The summed E-state index contributed by atoms with van der Waals surface area (Å²) in [4.78, 5) is 11.3. The molecule has 0 atom stereocenters. The highest BCUT2D eigenvalue weighted by atomic mass is 16.5. The van der Waals surface area contributed by atoms with Crippen LogP contribution in [0.5, 0.6) is 0 Å². The van der Waals surface area contributed by atoms with E-state index in [1.807, 2.05) is 20.9 Å². The molecule has 1 aromatic rings. The quantitative estimate of drug-likeness (QED) is 0.672. The van der Waals surface area contributed by atoms with Gasteiger partial charge in [0.1, 0.15) is 0 Å². The van der Waals surface area contributed by atoms with Crippen molar-refractivity contribution in [3.63, 3.8) is 0 Å². The summed E-state index contributed by atoms with van der Waals surface area (Å²) < 4.78 is 7.08. The lowest BCUT2D eigenvalue weighted by Crippen LogP contribution is -2.08. The van der Waals surface area contributed by atoms with Gasteiger partial charge in [0, 0.05) is 31.1 Å². The van der Waals surface area contributed by atoms with E-state index in [0.29, 0.717) is 6.61 Å². The van der Waals surface area contributed by atoms with Crippen LogP contribution in [-0.2, 0) is 24.6 Å². The Hall–Kier alpha value is -1.03. The maximum atomic E-state index is 11.3. The van der Waals surface area contributed by atoms with Crippen molar-refractivity contribution in [2.45, 2.75) is 26.7 Å². The maximum Gasteiger partial charge on any atom is 0.267 e. The summed E-state index contributed by atoms with van der Waals surface area (Å²) in [6.45, 7) is 5.39. The SMILES string of the molecule is CC.Cn1[nH]c(=O)c2c1CCOCC2. The van der Waals surface area contributed by atoms with E-state index in [-0.39, 0.29) is 5.56 Å². The lowest BCUT2D eigenvalue weighted by Gasteiger charge is -1.99. The molecule has 0 unspecified atom stereocenters. The van der Waals surface area contributed by atoms with E-state index in [2.05, 4.69) is 5.10 Å². The molecule has 1 aliphatic heterocycles. The van der Waals surface area contributed by atoms with Gasteiger partial charge in [-0.05, 0) is 0 Å². The summed E-state index contributed by atoms with van der Waals surface area (Å²) in [7, 11) is 1.87. The first-order chi connectivity index (χ1) is 6.79. The smallest absolute Gasteiger partial charge is 0.267 e. The zero-order chi connectivity index (χ0) is 10.6. The maximum absolute atomic E-state index is 11.3. The third-order valence-electron chi connectivity index (χ3n) is 2.28. The summed E-state index contributed by atoms with van der Waals surface area (Å²) in [6.07, 6.45) is 1.58. The first-order valence-electron chi connectivity index (χ1n) is 5.13. The van der Waals surface area contributed by atoms with Crippen molar-refractivity contribution < 1.29 is 4.74 Å². The molecule has 0 amide bonds. The van der Waals surface area contributed by atoms with Crippen LogP contribution in [0.4, 0.5) is 0 Å². The topological polar surface area (TPSA) is 47.0 Å². The summed E-state index contributed by atoms with van der Waals surface area (Å²) in [5, 5.41) is 2.75. The fourth-order valence-corrected chi connectivity index (χ4v) is 1.64. The molecule has 80 valence electrons. The molecule has 0 bridgehead atoms. The van der Waals surface area contributed by atoms with Crippen LogP contribution < -0.4 is 5.56 Å². The fourth-order valence-electron chi connectivity index (χ4n) is 1.64. The fraction of sp³-hybridized carbons (Fsp3) is 0.700. The minimum atomic E-state index is 0.0398. The van der Waals surface area contributed by atoms with Crippen molar-refractivity contribution in [3.05, 3.63) is 21.6 Å². The molecule has 1 aromatic heterocycles. The molecule has 1 N–H and O–H groups in total. The van der Waals surface area contributed by atoms with Crippen LogP contribution >= 0.6 is 0 Å². The molecule has 0 spiro atoms. The second-order valence-electron chi connectivity index (χ2n) is 3.04. The average Bonchev–Trinajstić information content (AvgIpc) is 2.44. The van der Waals surface area contributed by atoms with E-state index in [4.69, 9.17) is 4.74 Å². The number of hydrogen-bond donors (Lipinski definition) is 1. The molecule has 0 aliphatic carbocycles. The predicted octanol–water partition coefficient (Wildman–Crippen LogP) is 0.855. The number of rotatable bonds is 0. The molecule has 0 radical (unpaired) electrons. The van der Waals surface area contributed by atoms with Crippen LogP contribution in [0.2, 0.25) is 0 Å². The highest BCUT2D eigenvalue weighted by molar-refractivity contribution is 5.19. The van der Waals surface area contributed by atoms with Crippen molar-refractivity contribution in [1.29, 1.82) is 0 Å². The number of nitrogens with one attached hydrogen (secondary N) is 1. The average molecular weight is 198 g/mol. The molecule has 0 saturated carbocycles. The van der Waals surface area contributed by atoms with Gasteiger partial charge in [-0.25, -0.2) is 0 Å². The number of fused-ring (bicyclic) bond motifs is 1. The minimum Gasteiger partial charge on any atom is -0.381 e. The lowest BCUT2D eigenvalue weighted by atomic mass is 10.1. The largest absolute Gasteiger partial charge is 0.381 e. The van der Waals surface area contributed by atoms with E-state index < -0.39 is 0 Å². The van der Waals surface area contributed by atoms with Gasteiger partial charge < -0.3 is 4.74 Å². The van der Waals surface area contributed by atoms with Crippen molar-refractivity contribution in [3.8, 4) is 0 Å². The van der Waals surface area contributed by atoms with Crippen molar-refractivity contribution in [2.75, 3.05) is 13.2 Å². The standard InChI is InChI=1S/C8H12N2O2.C2H6/c1-10-7-3-5-12-4-2-6(7)8(11)9-10;1-2/h2-5H2,1H3,(H,9,11);1-2H3. The number of hydrogen-bond acceptors (Lipinski definition) is 2. The summed E-state index contributed by atoms with van der Waals surface area (Å²) >= 11 is 0. The van der Waals surface area contributed by atoms with Gasteiger partial charge in [0.15, 0.2) is 0 Å². The highest BCUT2D eigenvalue weighted by Gasteiger charge is 2.14. The van der Waals surface area contributed by atoms with Crippen molar-refractivity contribution >= 4 is 0 Å². The molecule has 2 rings (SSSR count). The molecule has 14 heavy (non-hydrogen) atoms. The molecule has 0 saturated heterocycles. The Balaban J connectivity index is 0.000000461. The van der Waals surface area contributed by atoms with E-state index in [1.54, 1.807) is 4.68 Å². The summed E-state index contributed by atoms with van der Waals surface area (Å²) in [6, 6.07) is 0. The van der Waals surface area contributed by atoms with Gasteiger partial charge in [-0.3, -0.25) is 14.6 Å². The minimum absolute atomic E-state index is 0.0398. The van der Waals surface area contributed by atoms with Gasteiger partial charge in [0.05, 0.1) is 13.2 Å². The first-order valence-corrected chi connectivity index (χ1v) is 5.13. The normalized spacial score (nSPS) is 15.1. The Labute approximate surface area is 83.9 Å². The second kappa shape index (κ2) is 5.00. The van der Waals surface area contributed by atoms with Crippen LogP contribution in [-0.4, -0.2) is 23.0 Å². The van der Waals surface area contributed by atoms with E-state index >= 15 is 0 Å². The lowest BCUT2D eigenvalue weighted by molar-refractivity contribution is 0.145. The molecule has 0 aromatic carbocycles. The van der Waals surface area contributed by atoms with Crippen LogP contribution in [0.1, 0.15) is 25.1 Å². The zero-order valence-electron chi connectivity index (χ0n) is 9.09. The third-order valence-corrected chi connectivity index (χ3v) is 2.28. The molecular formula is C10H18N2O2. The molecule has 2 heterocycles. The highest BCUT2D eigenvalue weighted by Crippen LogP contribution is 2.08. The predicted molar refractivity (Wildman–Crippen MR) is 55.6 cm³/mol. The Morgan fingerprint density at radius 2 is 1.93 bits per heavy atom. The number of nitrogens with zero attached hydrogens (tertiary/aromatic N) is 1. The molecular weight excluding hydrogens is 180 g/mol. The van der Waals surface area contributed by atoms with Crippen LogP contribution in [0.25, 0.3) is 0 Å². The van der Waals surface area contributed by atoms with Crippen LogP contribution in [0.15, 0.2) is 4.79 Å². The van der Waals surface area contributed by atoms with E-state index in [0.717, 1.165) is 30.7 Å². The van der Waals surface area contributed by atoms with Gasteiger partial charge in [0.25, 0.3) is 5.56 Å². The van der Waals surface area contributed by atoms with Gasteiger partial charge in [0.2, 0.25) is 0 Å². The Morgan fingerprint density at radius 3 is 2.64 bits per heavy atom. The molecule has 1 aliphatic rings. The molecule has 4 heteroatoms. The van der Waals surface area contributed by atoms with E-state index in [1.165, 1.54) is 0 Å². The van der Waals surface area contributed by atoms with Gasteiger partial charge >= 0.3 is 0 Å². The zero-order valence-corrected chi connectivity index (χ0v) is 9.09. The Morgan fingerprint density at radius 1 is 1.29 bits per heavy atom. The van der Waals surface area contributed by atoms with Gasteiger partial charge in [-0.2, -0.15) is 0 Å². The molecule has 0 fully saturated rings. The monoisotopic (exact) mass is 198 g/mol.